The summed E-state index contributed by atoms with van der Waals surface area (Å²) in [5, 5.41) is 0.262. The molecule has 7 heteroatoms. The molecule has 0 aliphatic heterocycles. The largest absolute Gasteiger partial charge is 0.330 e. The van der Waals surface area contributed by atoms with Crippen molar-refractivity contribution in [1.29, 1.82) is 0 Å². The second-order valence-corrected chi connectivity index (χ2v) is 7.53. The lowest BCUT2D eigenvalue weighted by molar-refractivity contribution is 0.296. The highest BCUT2D eigenvalue weighted by molar-refractivity contribution is 7.89. The molecule has 2 unspecified atom stereocenters. The lowest BCUT2D eigenvalue weighted by atomic mass is 9.85. The molecule has 3 N–H and O–H groups in total. The van der Waals surface area contributed by atoms with Gasteiger partial charge in [-0.3, -0.25) is 0 Å². The van der Waals surface area contributed by atoms with Gasteiger partial charge in [0.1, 0.15) is 4.90 Å². The Hall–Kier alpha value is -0.330. The van der Waals surface area contributed by atoms with Crippen LogP contribution in [-0.4, -0.2) is 21.0 Å². The molecule has 1 aliphatic rings. The van der Waals surface area contributed by atoms with Crippen molar-refractivity contribution in [2.24, 2.45) is 11.7 Å². The van der Waals surface area contributed by atoms with Gasteiger partial charge in [0.05, 0.1) is 5.02 Å². The molecule has 0 saturated heterocycles. The third-order valence-electron chi connectivity index (χ3n) is 3.90. The topological polar surface area (TPSA) is 72.2 Å². The number of nitrogens with one attached hydrogen (secondary N) is 1. The number of benzene rings is 1. The van der Waals surface area contributed by atoms with Crippen LogP contribution in [-0.2, 0) is 10.0 Å². The molecule has 21 heavy (non-hydrogen) atoms. The van der Waals surface area contributed by atoms with Gasteiger partial charge in [0.2, 0.25) is 10.0 Å². The first-order valence-electron chi connectivity index (χ1n) is 6.92. The van der Waals surface area contributed by atoms with Gasteiger partial charge < -0.3 is 5.73 Å². The van der Waals surface area contributed by atoms with Gasteiger partial charge in [-0.2, -0.15) is 0 Å². The maximum atomic E-state index is 12.5. The highest BCUT2D eigenvalue weighted by Gasteiger charge is 2.29. The van der Waals surface area contributed by atoms with Crippen LogP contribution in [0.15, 0.2) is 23.1 Å². The van der Waals surface area contributed by atoms with Crippen LogP contribution < -0.4 is 10.5 Å². The molecule has 2 rings (SSSR count). The molecule has 1 saturated carbocycles. The van der Waals surface area contributed by atoms with Crippen LogP contribution in [0.3, 0.4) is 0 Å². The fraction of sp³-hybridized carbons (Fsp3) is 0.571. The van der Waals surface area contributed by atoms with Crippen molar-refractivity contribution >= 4 is 34.0 Å². The molecule has 1 aromatic rings. The third kappa shape index (κ3) is 4.57. The summed E-state index contributed by atoms with van der Waals surface area (Å²) >= 11 is 6.06. The first-order valence-corrected chi connectivity index (χ1v) is 8.78. The van der Waals surface area contributed by atoms with E-state index in [0.717, 1.165) is 31.2 Å². The summed E-state index contributed by atoms with van der Waals surface area (Å²) in [6.45, 7) is 2.39. The molecule has 0 radical (unpaired) electrons. The summed E-state index contributed by atoms with van der Waals surface area (Å²) in [5.74, 6) is 0.211. The lowest BCUT2D eigenvalue weighted by Gasteiger charge is -2.31. The first-order chi connectivity index (χ1) is 9.44. The summed E-state index contributed by atoms with van der Waals surface area (Å²) in [7, 11) is -3.59. The zero-order valence-corrected chi connectivity index (χ0v) is 14.4. The first kappa shape index (κ1) is 18.7. The molecular formula is C14H22Cl2N2O2S. The summed E-state index contributed by atoms with van der Waals surface area (Å²) in [4.78, 5) is 0.145. The van der Waals surface area contributed by atoms with E-state index in [-0.39, 0.29) is 34.3 Å². The van der Waals surface area contributed by atoms with Crippen molar-refractivity contribution < 1.29 is 8.42 Å². The summed E-state index contributed by atoms with van der Waals surface area (Å²) < 4.78 is 27.7. The number of halogens is 2. The van der Waals surface area contributed by atoms with Gasteiger partial charge in [-0.25, -0.2) is 13.1 Å². The van der Waals surface area contributed by atoms with Gasteiger partial charge in [0.15, 0.2) is 0 Å². The lowest BCUT2D eigenvalue weighted by Crippen LogP contribution is -2.44. The van der Waals surface area contributed by atoms with E-state index < -0.39 is 10.0 Å². The number of hydrogen-bond donors (Lipinski definition) is 2. The normalized spacial score (nSPS) is 22.6. The molecule has 1 aromatic carbocycles. The summed E-state index contributed by atoms with van der Waals surface area (Å²) in [5.41, 5.74) is 6.68. The van der Waals surface area contributed by atoms with E-state index >= 15 is 0 Å². The molecule has 4 nitrogen and oxygen atoms in total. The Balaban J connectivity index is 0.00000220. The number of rotatable bonds is 4. The molecule has 0 bridgehead atoms. The summed E-state index contributed by atoms with van der Waals surface area (Å²) in [6, 6.07) is 4.88. The van der Waals surface area contributed by atoms with Gasteiger partial charge in [0.25, 0.3) is 0 Å². The van der Waals surface area contributed by atoms with E-state index in [9.17, 15) is 8.42 Å². The fourth-order valence-electron chi connectivity index (χ4n) is 2.73. The Labute approximate surface area is 137 Å². The Bertz CT molecular complexity index is 578. The van der Waals surface area contributed by atoms with Gasteiger partial charge in [-0.05, 0) is 49.9 Å². The predicted molar refractivity (Wildman–Crippen MR) is 88.6 cm³/mol. The van der Waals surface area contributed by atoms with Crippen molar-refractivity contribution in [3.8, 4) is 0 Å². The minimum Gasteiger partial charge on any atom is -0.330 e. The van der Waals surface area contributed by atoms with Crippen molar-refractivity contribution in [2.45, 2.75) is 43.5 Å². The van der Waals surface area contributed by atoms with Crippen LogP contribution in [0.2, 0.25) is 5.02 Å². The van der Waals surface area contributed by atoms with Gasteiger partial charge in [0, 0.05) is 6.04 Å². The minimum atomic E-state index is -3.59. The monoisotopic (exact) mass is 352 g/mol. The highest BCUT2D eigenvalue weighted by atomic mass is 35.5. The molecule has 120 valence electrons. The Morgan fingerprint density at radius 1 is 1.33 bits per heavy atom. The quantitative estimate of drug-likeness (QED) is 0.874. The molecule has 2 atom stereocenters. The number of sulfonamides is 1. The van der Waals surface area contributed by atoms with Crippen molar-refractivity contribution in [1.82, 2.24) is 4.72 Å². The van der Waals surface area contributed by atoms with E-state index in [1.807, 2.05) is 6.92 Å². The van der Waals surface area contributed by atoms with Crippen LogP contribution in [0, 0.1) is 12.8 Å². The number of nitrogens with two attached hydrogens (primary N) is 1. The molecule has 1 fully saturated rings. The number of aryl methyl sites for hydroxylation is 1. The zero-order valence-electron chi connectivity index (χ0n) is 12.0. The second-order valence-electron chi connectivity index (χ2n) is 5.44. The number of hydrogen-bond acceptors (Lipinski definition) is 3. The van der Waals surface area contributed by atoms with Crippen molar-refractivity contribution in [3.63, 3.8) is 0 Å². The van der Waals surface area contributed by atoms with E-state index in [0.29, 0.717) is 6.54 Å². The van der Waals surface area contributed by atoms with Crippen molar-refractivity contribution in [3.05, 3.63) is 28.8 Å². The van der Waals surface area contributed by atoms with Gasteiger partial charge in [-0.1, -0.05) is 30.5 Å². The maximum absolute atomic E-state index is 12.5. The Morgan fingerprint density at radius 2 is 2.00 bits per heavy atom. The van der Waals surface area contributed by atoms with E-state index in [1.165, 1.54) is 0 Å². The van der Waals surface area contributed by atoms with Crippen LogP contribution in [0.5, 0.6) is 0 Å². The van der Waals surface area contributed by atoms with Gasteiger partial charge in [-0.15, -0.1) is 12.4 Å². The van der Waals surface area contributed by atoms with E-state index in [1.54, 1.807) is 18.2 Å². The van der Waals surface area contributed by atoms with Gasteiger partial charge >= 0.3 is 0 Å². The average molecular weight is 353 g/mol. The smallest absolute Gasteiger partial charge is 0.242 e. The molecule has 0 aromatic heterocycles. The Kier molecular flexibility index (Phi) is 6.94. The molecular weight excluding hydrogens is 331 g/mol. The average Bonchev–Trinajstić information content (AvgIpc) is 2.38. The fourth-order valence-corrected chi connectivity index (χ4v) is 4.67. The Morgan fingerprint density at radius 3 is 2.62 bits per heavy atom. The molecule has 0 heterocycles. The minimum absolute atomic E-state index is 0. The maximum Gasteiger partial charge on any atom is 0.242 e. The molecule has 1 aliphatic carbocycles. The second kappa shape index (κ2) is 7.79. The zero-order chi connectivity index (χ0) is 14.8. The summed E-state index contributed by atoms with van der Waals surface area (Å²) in [6.07, 6.45) is 3.96. The molecule has 0 amide bonds. The van der Waals surface area contributed by atoms with E-state index in [4.69, 9.17) is 17.3 Å². The third-order valence-corrected chi connectivity index (χ3v) is 5.87. The SMILES string of the molecule is Cc1ccc(S(=O)(=O)NC2CCCCC2CN)c(Cl)c1.Cl. The predicted octanol–water partition coefficient (Wildman–Crippen LogP) is 2.87. The van der Waals surface area contributed by atoms with Crippen LogP contribution >= 0.6 is 24.0 Å². The van der Waals surface area contributed by atoms with E-state index in [2.05, 4.69) is 4.72 Å². The van der Waals surface area contributed by atoms with Crippen LogP contribution in [0.25, 0.3) is 0 Å². The standard InChI is InChI=1S/C14H21ClN2O2S.ClH/c1-10-6-7-14(12(15)8-10)20(18,19)17-13-5-3-2-4-11(13)9-16;/h6-8,11,13,17H,2-5,9,16H2,1H3;1H. The van der Waals surface area contributed by atoms with Crippen molar-refractivity contribution in [2.75, 3.05) is 6.54 Å². The van der Waals surface area contributed by atoms with Crippen LogP contribution in [0.4, 0.5) is 0 Å². The van der Waals surface area contributed by atoms with Crippen LogP contribution in [0.1, 0.15) is 31.2 Å². The molecule has 0 spiro atoms. The highest BCUT2D eigenvalue weighted by Crippen LogP contribution is 2.27.